The Kier molecular flexibility index (Phi) is 6.00. The fourth-order valence-electron chi connectivity index (χ4n) is 2.68. The van der Waals surface area contributed by atoms with Crippen molar-refractivity contribution in [2.75, 3.05) is 13.7 Å². The summed E-state index contributed by atoms with van der Waals surface area (Å²) in [5, 5.41) is 15.4. The number of aliphatic hydroxyl groups is 1. The van der Waals surface area contributed by atoms with E-state index >= 15 is 0 Å². The Morgan fingerprint density at radius 3 is 2.91 bits per heavy atom. The van der Waals surface area contributed by atoms with Gasteiger partial charge in [-0.05, 0) is 37.0 Å². The van der Waals surface area contributed by atoms with Gasteiger partial charge in [0.05, 0.1) is 19.3 Å². The van der Waals surface area contributed by atoms with Gasteiger partial charge in [0, 0.05) is 6.54 Å². The Bertz CT molecular complexity index is 510. The molecule has 0 radical (unpaired) electrons. The quantitative estimate of drug-likeness (QED) is 0.779. The smallest absolute Gasteiger partial charge is 0.315 e. The highest BCUT2D eigenvalue weighted by molar-refractivity contribution is 5.74. The normalized spacial score (nSPS) is 21.2. The van der Waals surface area contributed by atoms with Crippen molar-refractivity contribution in [3.8, 4) is 5.75 Å². The van der Waals surface area contributed by atoms with Crippen LogP contribution in [0.1, 0.15) is 31.2 Å². The van der Waals surface area contributed by atoms with Crippen LogP contribution in [0, 0.1) is 5.82 Å². The summed E-state index contributed by atoms with van der Waals surface area (Å²) < 4.78 is 18.2. The van der Waals surface area contributed by atoms with E-state index in [1.807, 2.05) is 0 Å². The monoisotopic (exact) mass is 310 g/mol. The van der Waals surface area contributed by atoms with Gasteiger partial charge in [0.1, 0.15) is 0 Å². The Hall–Kier alpha value is -1.82. The van der Waals surface area contributed by atoms with Crippen LogP contribution < -0.4 is 15.4 Å². The van der Waals surface area contributed by atoms with Crippen LogP contribution in [0.2, 0.25) is 0 Å². The molecule has 1 saturated carbocycles. The molecule has 5 nitrogen and oxygen atoms in total. The Balaban J connectivity index is 1.74. The molecule has 2 atom stereocenters. The maximum Gasteiger partial charge on any atom is 0.315 e. The molecule has 0 aromatic heterocycles. The predicted molar refractivity (Wildman–Crippen MR) is 81.5 cm³/mol. The van der Waals surface area contributed by atoms with E-state index in [2.05, 4.69) is 10.6 Å². The number of benzene rings is 1. The standard InChI is InChI=1S/C16H23FN2O3/c1-22-15-10-11(6-7-12(15)17)8-9-18-16(21)19-13-4-2-3-5-14(13)20/h6-7,10,13-14,20H,2-5,8-9H2,1H3,(H2,18,19,21)/t13-,14+/m1/s1. The summed E-state index contributed by atoms with van der Waals surface area (Å²) in [6.07, 6.45) is 3.70. The number of nitrogens with one attached hydrogen (secondary N) is 2. The Morgan fingerprint density at radius 1 is 1.41 bits per heavy atom. The molecule has 1 fully saturated rings. The fourth-order valence-corrected chi connectivity index (χ4v) is 2.68. The molecule has 6 heteroatoms. The van der Waals surface area contributed by atoms with Crippen LogP contribution in [0.25, 0.3) is 0 Å². The topological polar surface area (TPSA) is 70.6 Å². The summed E-state index contributed by atoms with van der Waals surface area (Å²) in [4.78, 5) is 11.8. The first-order valence-electron chi connectivity index (χ1n) is 7.65. The SMILES string of the molecule is COc1cc(CCNC(=O)N[C@@H]2CCCC[C@@H]2O)ccc1F. The molecule has 22 heavy (non-hydrogen) atoms. The van der Waals surface area contributed by atoms with Crippen molar-refractivity contribution in [3.05, 3.63) is 29.6 Å². The van der Waals surface area contributed by atoms with Crippen molar-refractivity contribution in [2.45, 2.75) is 44.2 Å². The van der Waals surface area contributed by atoms with Crippen molar-refractivity contribution < 1.29 is 19.0 Å². The highest BCUT2D eigenvalue weighted by Gasteiger charge is 2.24. The summed E-state index contributed by atoms with van der Waals surface area (Å²) in [7, 11) is 1.42. The van der Waals surface area contributed by atoms with E-state index in [9.17, 15) is 14.3 Å². The lowest BCUT2D eigenvalue weighted by Gasteiger charge is -2.28. The van der Waals surface area contributed by atoms with E-state index in [-0.39, 0.29) is 17.8 Å². The third kappa shape index (κ3) is 4.59. The summed E-state index contributed by atoms with van der Waals surface area (Å²) in [5.41, 5.74) is 0.885. The summed E-state index contributed by atoms with van der Waals surface area (Å²) in [5.74, 6) is -0.199. The average Bonchev–Trinajstić information content (AvgIpc) is 2.51. The molecule has 2 rings (SSSR count). The number of carbonyl (C=O) groups is 1. The minimum Gasteiger partial charge on any atom is -0.494 e. The molecular weight excluding hydrogens is 287 g/mol. The molecule has 1 aliphatic rings. The highest BCUT2D eigenvalue weighted by Crippen LogP contribution is 2.19. The first-order valence-corrected chi connectivity index (χ1v) is 7.65. The van der Waals surface area contributed by atoms with E-state index in [0.717, 1.165) is 31.2 Å². The van der Waals surface area contributed by atoms with Crippen molar-refractivity contribution in [2.24, 2.45) is 0 Å². The fraction of sp³-hybridized carbons (Fsp3) is 0.562. The van der Waals surface area contributed by atoms with E-state index in [1.165, 1.54) is 13.2 Å². The second kappa shape index (κ2) is 7.98. The number of urea groups is 1. The minimum absolute atomic E-state index is 0.167. The number of amides is 2. The lowest BCUT2D eigenvalue weighted by Crippen LogP contribution is -2.49. The molecule has 0 aliphatic heterocycles. The van der Waals surface area contributed by atoms with Gasteiger partial charge in [0.2, 0.25) is 0 Å². The van der Waals surface area contributed by atoms with Gasteiger partial charge in [-0.3, -0.25) is 0 Å². The van der Waals surface area contributed by atoms with Gasteiger partial charge in [-0.1, -0.05) is 18.9 Å². The number of carbonyl (C=O) groups excluding carboxylic acids is 1. The summed E-state index contributed by atoms with van der Waals surface area (Å²) >= 11 is 0. The van der Waals surface area contributed by atoms with Gasteiger partial charge in [-0.25, -0.2) is 9.18 Å². The number of halogens is 1. The lowest BCUT2D eigenvalue weighted by molar-refractivity contribution is 0.0943. The van der Waals surface area contributed by atoms with Gasteiger partial charge in [0.15, 0.2) is 11.6 Å². The van der Waals surface area contributed by atoms with Crippen LogP contribution in [0.3, 0.4) is 0 Å². The molecule has 0 unspecified atom stereocenters. The highest BCUT2D eigenvalue weighted by atomic mass is 19.1. The molecule has 0 saturated heterocycles. The van der Waals surface area contributed by atoms with E-state index in [0.29, 0.717) is 13.0 Å². The number of aliphatic hydroxyl groups excluding tert-OH is 1. The number of hydrogen-bond donors (Lipinski definition) is 3. The van der Waals surface area contributed by atoms with Crippen LogP contribution in [0.4, 0.5) is 9.18 Å². The zero-order valence-corrected chi connectivity index (χ0v) is 12.8. The van der Waals surface area contributed by atoms with Gasteiger partial charge < -0.3 is 20.5 Å². The maximum absolute atomic E-state index is 13.3. The largest absolute Gasteiger partial charge is 0.494 e. The number of methoxy groups -OCH3 is 1. The zero-order chi connectivity index (χ0) is 15.9. The van der Waals surface area contributed by atoms with Crippen molar-refractivity contribution in [3.63, 3.8) is 0 Å². The first kappa shape index (κ1) is 16.5. The molecule has 1 aliphatic carbocycles. The van der Waals surface area contributed by atoms with Gasteiger partial charge in [0.25, 0.3) is 0 Å². The number of rotatable bonds is 5. The van der Waals surface area contributed by atoms with Crippen molar-refractivity contribution >= 4 is 6.03 Å². The Morgan fingerprint density at radius 2 is 2.18 bits per heavy atom. The number of ether oxygens (including phenoxy) is 1. The molecule has 0 spiro atoms. The third-order valence-electron chi connectivity index (χ3n) is 3.96. The van der Waals surface area contributed by atoms with Crippen LogP contribution in [0.5, 0.6) is 5.75 Å². The maximum atomic E-state index is 13.3. The van der Waals surface area contributed by atoms with Gasteiger partial charge >= 0.3 is 6.03 Å². The number of hydrogen-bond acceptors (Lipinski definition) is 3. The van der Waals surface area contributed by atoms with Crippen LogP contribution in [-0.4, -0.2) is 36.9 Å². The van der Waals surface area contributed by atoms with Gasteiger partial charge in [-0.15, -0.1) is 0 Å². The third-order valence-corrected chi connectivity index (χ3v) is 3.96. The molecule has 3 N–H and O–H groups in total. The molecule has 2 amide bonds. The second-order valence-corrected chi connectivity index (χ2v) is 5.58. The van der Waals surface area contributed by atoms with E-state index in [4.69, 9.17) is 4.74 Å². The van der Waals surface area contributed by atoms with E-state index < -0.39 is 11.9 Å². The molecule has 0 bridgehead atoms. The first-order chi connectivity index (χ1) is 10.6. The zero-order valence-electron chi connectivity index (χ0n) is 12.8. The minimum atomic E-state index is -0.458. The van der Waals surface area contributed by atoms with Gasteiger partial charge in [-0.2, -0.15) is 0 Å². The van der Waals surface area contributed by atoms with Crippen LogP contribution in [0.15, 0.2) is 18.2 Å². The average molecular weight is 310 g/mol. The van der Waals surface area contributed by atoms with Crippen LogP contribution in [-0.2, 0) is 6.42 Å². The lowest BCUT2D eigenvalue weighted by atomic mass is 9.93. The molecule has 0 heterocycles. The van der Waals surface area contributed by atoms with E-state index in [1.54, 1.807) is 12.1 Å². The van der Waals surface area contributed by atoms with Crippen LogP contribution >= 0.6 is 0 Å². The summed E-state index contributed by atoms with van der Waals surface area (Å²) in [6.45, 7) is 0.434. The van der Waals surface area contributed by atoms with Crippen molar-refractivity contribution in [1.82, 2.24) is 10.6 Å². The Labute approximate surface area is 129 Å². The molecular formula is C16H23FN2O3. The molecule has 122 valence electrons. The second-order valence-electron chi connectivity index (χ2n) is 5.58. The molecule has 1 aromatic carbocycles. The predicted octanol–water partition coefficient (Wildman–Crippen LogP) is 1.98. The summed E-state index contributed by atoms with van der Waals surface area (Å²) in [6, 6.07) is 4.20. The van der Waals surface area contributed by atoms with Crippen molar-refractivity contribution in [1.29, 1.82) is 0 Å². The molecule has 1 aromatic rings.